The van der Waals surface area contributed by atoms with E-state index >= 15 is 0 Å². The number of hydrogen-bond acceptors (Lipinski definition) is 3. The Bertz CT molecular complexity index is 396. The first-order valence-electron chi connectivity index (χ1n) is 5.36. The summed E-state index contributed by atoms with van der Waals surface area (Å²) in [4.78, 5) is 13.5. The SMILES string of the molecule is COCCCN(C)C(=O)c1cccc(F)c1N. The van der Waals surface area contributed by atoms with Crippen molar-refractivity contribution in [1.29, 1.82) is 0 Å². The zero-order valence-corrected chi connectivity index (χ0v) is 10.1. The second-order valence-electron chi connectivity index (χ2n) is 3.77. The van der Waals surface area contributed by atoms with Crippen LogP contribution in [0.4, 0.5) is 10.1 Å². The maximum absolute atomic E-state index is 13.2. The number of nitrogens with two attached hydrogens (primary N) is 1. The number of anilines is 1. The predicted octanol–water partition coefficient (Wildman–Crippen LogP) is 1.52. The summed E-state index contributed by atoms with van der Waals surface area (Å²) in [6, 6.07) is 4.23. The average molecular weight is 240 g/mol. The van der Waals surface area contributed by atoms with Gasteiger partial charge in [0.05, 0.1) is 11.3 Å². The zero-order valence-electron chi connectivity index (χ0n) is 10.1. The Balaban J connectivity index is 2.71. The quantitative estimate of drug-likeness (QED) is 0.627. The van der Waals surface area contributed by atoms with E-state index in [9.17, 15) is 9.18 Å². The summed E-state index contributed by atoms with van der Waals surface area (Å²) in [5.74, 6) is -0.848. The monoisotopic (exact) mass is 240 g/mol. The third kappa shape index (κ3) is 3.42. The molecule has 17 heavy (non-hydrogen) atoms. The van der Waals surface area contributed by atoms with Crippen LogP contribution in [0.2, 0.25) is 0 Å². The summed E-state index contributed by atoms with van der Waals surface area (Å²) in [5, 5.41) is 0. The molecule has 5 heteroatoms. The predicted molar refractivity (Wildman–Crippen MR) is 64.3 cm³/mol. The van der Waals surface area contributed by atoms with Gasteiger partial charge in [-0.05, 0) is 18.6 Å². The number of carbonyl (C=O) groups is 1. The summed E-state index contributed by atoms with van der Waals surface area (Å²) >= 11 is 0. The summed E-state index contributed by atoms with van der Waals surface area (Å²) < 4.78 is 18.1. The molecule has 0 spiro atoms. The van der Waals surface area contributed by atoms with Crippen molar-refractivity contribution in [2.24, 2.45) is 0 Å². The molecule has 1 rings (SSSR count). The number of ether oxygens (including phenoxy) is 1. The third-order valence-corrected chi connectivity index (χ3v) is 2.47. The van der Waals surface area contributed by atoms with E-state index in [-0.39, 0.29) is 17.2 Å². The number of nitrogen functional groups attached to an aromatic ring is 1. The molecule has 0 aliphatic heterocycles. The number of amides is 1. The Morgan fingerprint density at radius 1 is 1.53 bits per heavy atom. The van der Waals surface area contributed by atoms with Crippen LogP contribution in [0.3, 0.4) is 0 Å². The lowest BCUT2D eigenvalue weighted by atomic mass is 10.1. The van der Waals surface area contributed by atoms with Crippen molar-refractivity contribution < 1.29 is 13.9 Å². The van der Waals surface area contributed by atoms with Crippen molar-refractivity contribution in [2.75, 3.05) is 33.0 Å². The van der Waals surface area contributed by atoms with E-state index in [1.54, 1.807) is 14.2 Å². The van der Waals surface area contributed by atoms with Gasteiger partial charge < -0.3 is 15.4 Å². The van der Waals surface area contributed by atoms with Crippen LogP contribution in [-0.2, 0) is 4.74 Å². The van der Waals surface area contributed by atoms with E-state index in [0.717, 1.165) is 6.42 Å². The number of rotatable bonds is 5. The molecule has 0 saturated carbocycles. The van der Waals surface area contributed by atoms with Crippen LogP contribution in [0, 0.1) is 5.82 Å². The molecular formula is C12H17FN2O2. The Morgan fingerprint density at radius 2 is 2.24 bits per heavy atom. The largest absolute Gasteiger partial charge is 0.396 e. The summed E-state index contributed by atoms with van der Waals surface area (Å²) in [5.41, 5.74) is 5.63. The minimum Gasteiger partial charge on any atom is -0.396 e. The summed E-state index contributed by atoms with van der Waals surface area (Å²) in [6.07, 6.45) is 0.730. The Hall–Kier alpha value is -1.62. The van der Waals surface area contributed by atoms with Gasteiger partial charge in [0.25, 0.3) is 5.91 Å². The highest BCUT2D eigenvalue weighted by atomic mass is 19.1. The number of carbonyl (C=O) groups excluding carboxylic acids is 1. The van der Waals surface area contributed by atoms with Gasteiger partial charge in [0.2, 0.25) is 0 Å². The first-order chi connectivity index (χ1) is 8.07. The van der Waals surface area contributed by atoms with Crippen LogP contribution in [0.25, 0.3) is 0 Å². The number of halogens is 1. The molecule has 0 saturated heterocycles. The minimum absolute atomic E-state index is 0.101. The van der Waals surface area contributed by atoms with Crippen molar-refractivity contribution in [3.63, 3.8) is 0 Å². The molecule has 1 aromatic carbocycles. The van der Waals surface area contributed by atoms with Gasteiger partial charge in [-0.15, -0.1) is 0 Å². The lowest BCUT2D eigenvalue weighted by molar-refractivity contribution is 0.0780. The molecule has 94 valence electrons. The smallest absolute Gasteiger partial charge is 0.255 e. The second-order valence-corrected chi connectivity index (χ2v) is 3.77. The molecule has 0 bridgehead atoms. The van der Waals surface area contributed by atoms with E-state index in [1.165, 1.54) is 23.1 Å². The molecular weight excluding hydrogens is 223 g/mol. The van der Waals surface area contributed by atoms with Gasteiger partial charge in [0.1, 0.15) is 5.82 Å². The van der Waals surface area contributed by atoms with E-state index in [4.69, 9.17) is 10.5 Å². The lowest BCUT2D eigenvalue weighted by Crippen LogP contribution is -2.29. The maximum atomic E-state index is 13.2. The minimum atomic E-state index is -0.568. The molecule has 0 fully saturated rings. The van der Waals surface area contributed by atoms with Crippen molar-refractivity contribution in [1.82, 2.24) is 4.90 Å². The molecule has 2 N–H and O–H groups in total. The molecule has 0 aliphatic carbocycles. The van der Waals surface area contributed by atoms with Gasteiger partial charge in [0.15, 0.2) is 0 Å². The van der Waals surface area contributed by atoms with Crippen LogP contribution in [0.5, 0.6) is 0 Å². The average Bonchev–Trinajstić information content (AvgIpc) is 2.32. The fraction of sp³-hybridized carbons (Fsp3) is 0.417. The molecule has 0 radical (unpaired) electrons. The normalized spacial score (nSPS) is 10.3. The molecule has 1 amide bonds. The Labute approximate surface area is 100 Å². The molecule has 4 nitrogen and oxygen atoms in total. The molecule has 0 atom stereocenters. The number of methoxy groups -OCH3 is 1. The van der Waals surface area contributed by atoms with Gasteiger partial charge in [-0.1, -0.05) is 6.07 Å². The first-order valence-corrected chi connectivity index (χ1v) is 5.36. The molecule has 0 aromatic heterocycles. The van der Waals surface area contributed by atoms with Crippen molar-refractivity contribution in [3.8, 4) is 0 Å². The van der Waals surface area contributed by atoms with Crippen LogP contribution >= 0.6 is 0 Å². The highest BCUT2D eigenvalue weighted by molar-refractivity contribution is 5.99. The summed E-state index contributed by atoms with van der Waals surface area (Å²) in [7, 11) is 3.26. The zero-order chi connectivity index (χ0) is 12.8. The highest BCUT2D eigenvalue weighted by Gasteiger charge is 2.16. The first kappa shape index (κ1) is 13.4. The molecule has 0 heterocycles. The molecule has 0 aliphatic rings. The van der Waals surface area contributed by atoms with Gasteiger partial charge in [0, 0.05) is 27.3 Å². The topological polar surface area (TPSA) is 55.6 Å². The highest BCUT2D eigenvalue weighted by Crippen LogP contribution is 2.17. The maximum Gasteiger partial charge on any atom is 0.255 e. The molecule has 1 aromatic rings. The van der Waals surface area contributed by atoms with Crippen LogP contribution < -0.4 is 5.73 Å². The Kier molecular flexibility index (Phi) is 4.90. The number of nitrogens with zero attached hydrogens (tertiary/aromatic N) is 1. The Morgan fingerprint density at radius 3 is 2.88 bits per heavy atom. The van der Waals surface area contributed by atoms with E-state index in [2.05, 4.69) is 0 Å². The number of para-hydroxylation sites is 1. The van der Waals surface area contributed by atoms with E-state index in [0.29, 0.717) is 13.2 Å². The van der Waals surface area contributed by atoms with Gasteiger partial charge in [-0.3, -0.25) is 4.79 Å². The van der Waals surface area contributed by atoms with Crippen molar-refractivity contribution >= 4 is 11.6 Å². The number of hydrogen-bond donors (Lipinski definition) is 1. The van der Waals surface area contributed by atoms with Gasteiger partial charge in [-0.25, -0.2) is 4.39 Å². The van der Waals surface area contributed by atoms with E-state index < -0.39 is 5.82 Å². The number of benzene rings is 1. The summed E-state index contributed by atoms with van der Waals surface area (Å²) in [6.45, 7) is 1.12. The lowest BCUT2D eigenvalue weighted by Gasteiger charge is -2.18. The third-order valence-electron chi connectivity index (χ3n) is 2.47. The standard InChI is InChI=1S/C12H17FN2O2/c1-15(7-4-8-17-2)12(16)9-5-3-6-10(13)11(9)14/h3,5-6H,4,7-8,14H2,1-2H3. The van der Waals surface area contributed by atoms with Crippen LogP contribution in [0.15, 0.2) is 18.2 Å². The van der Waals surface area contributed by atoms with Crippen LogP contribution in [0.1, 0.15) is 16.8 Å². The fourth-order valence-electron chi connectivity index (χ4n) is 1.48. The van der Waals surface area contributed by atoms with Gasteiger partial charge >= 0.3 is 0 Å². The fourth-order valence-corrected chi connectivity index (χ4v) is 1.48. The van der Waals surface area contributed by atoms with Gasteiger partial charge in [-0.2, -0.15) is 0 Å². The molecule has 0 unspecified atom stereocenters. The van der Waals surface area contributed by atoms with E-state index in [1.807, 2.05) is 0 Å². The van der Waals surface area contributed by atoms with Crippen LogP contribution in [-0.4, -0.2) is 38.1 Å². The second kappa shape index (κ2) is 6.20. The van der Waals surface area contributed by atoms with Crippen molar-refractivity contribution in [3.05, 3.63) is 29.6 Å². The van der Waals surface area contributed by atoms with Crippen molar-refractivity contribution in [2.45, 2.75) is 6.42 Å².